The average molecular weight is 723 g/mol. The van der Waals surface area contributed by atoms with Crippen LogP contribution in [0.2, 0.25) is 0 Å². The van der Waals surface area contributed by atoms with Crippen molar-refractivity contribution in [1.82, 2.24) is 0 Å². The van der Waals surface area contributed by atoms with Crippen molar-refractivity contribution in [3.8, 4) is 0 Å². The number of carbonyl (C=O) groups is 2. The Bertz CT molecular complexity index is 1220. The number of fused-ring (bicyclic) bond motifs is 6. The first-order valence-electron chi connectivity index (χ1n) is 21.5. The predicted molar refractivity (Wildman–Crippen MR) is 212 cm³/mol. The molecule has 4 fully saturated rings. The maximum Gasteiger partial charge on any atom is 0.306 e. The second-order valence-corrected chi connectivity index (χ2v) is 21.4. The van der Waals surface area contributed by atoms with E-state index in [1.807, 2.05) is 0 Å². The van der Waals surface area contributed by atoms with E-state index in [1.54, 1.807) is 22.9 Å². The molecule has 0 N–H and O–H groups in total. The second-order valence-electron chi connectivity index (χ2n) is 20.1. The minimum absolute atomic E-state index is 0.0725. The van der Waals surface area contributed by atoms with E-state index in [4.69, 9.17) is 9.47 Å². The fraction of sp³-hybridized carbons (Fsp3) is 0.870. The maximum absolute atomic E-state index is 12.9. The van der Waals surface area contributed by atoms with E-state index in [0.29, 0.717) is 72.1 Å². The van der Waals surface area contributed by atoms with E-state index >= 15 is 0 Å². The van der Waals surface area contributed by atoms with Gasteiger partial charge in [0.1, 0.15) is 0 Å². The lowest BCUT2D eigenvalue weighted by Crippen LogP contribution is -2.54. The first-order valence-corrected chi connectivity index (χ1v) is 22.6. The number of allylic oxidation sites excluding steroid dienone is 4. The Hall–Kier alpha value is -1.23. The summed E-state index contributed by atoms with van der Waals surface area (Å²) in [5.41, 5.74) is 4.20. The Morgan fingerprint density at radius 3 is 1.45 bits per heavy atom. The van der Waals surface area contributed by atoms with Crippen LogP contribution in [0.15, 0.2) is 23.3 Å². The van der Waals surface area contributed by atoms with Crippen molar-refractivity contribution in [3.63, 3.8) is 0 Å². The third kappa shape index (κ3) is 8.10. The van der Waals surface area contributed by atoms with Gasteiger partial charge in [-0.25, -0.2) is 0 Å². The highest BCUT2D eigenvalue weighted by Gasteiger charge is 2.58. The fourth-order valence-corrected chi connectivity index (χ4v) is 14.4. The summed E-state index contributed by atoms with van der Waals surface area (Å²) >= 11 is 1.68. The SMILES string of the molecule is CC(C)C1=CC2CC[C@H]3[C@](C)(COC(=O)CCSCCC(=O)OC[C@]4(C)CCC[C@]5(C)[C@H]6CCC(C(C)C)=CC6CC[C@@H]45)CCC[C@]3(C)[C@H]2CC1. The van der Waals surface area contributed by atoms with Crippen LogP contribution in [-0.4, -0.2) is 36.7 Å². The Morgan fingerprint density at radius 1 is 0.647 bits per heavy atom. The lowest BCUT2D eigenvalue weighted by molar-refractivity contribution is -0.159. The highest BCUT2D eigenvalue weighted by molar-refractivity contribution is 7.99. The number of hydrogen-bond acceptors (Lipinski definition) is 5. The monoisotopic (exact) mass is 723 g/mol. The van der Waals surface area contributed by atoms with Gasteiger partial charge in [0.2, 0.25) is 0 Å². The van der Waals surface area contributed by atoms with Crippen molar-refractivity contribution in [2.45, 2.75) is 158 Å². The number of thioether (sulfide) groups is 1. The van der Waals surface area contributed by atoms with Crippen molar-refractivity contribution < 1.29 is 19.1 Å². The quantitative estimate of drug-likeness (QED) is 0.114. The van der Waals surface area contributed by atoms with Crippen molar-refractivity contribution in [2.75, 3.05) is 24.7 Å². The van der Waals surface area contributed by atoms with Crippen LogP contribution in [0.3, 0.4) is 0 Å². The number of ether oxygens (including phenoxy) is 2. The molecule has 51 heavy (non-hydrogen) atoms. The normalized spacial score (nSPS) is 40.7. The summed E-state index contributed by atoms with van der Waals surface area (Å²) in [5.74, 6) is 6.86. The van der Waals surface area contributed by atoms with Gasteiger partial charge in [0.25, 0.3) is 0 Å². The van der Waals surface area contributed by atoms with Gasteiger partial charge >= 0.3 is 11.9 Å². The predicted octanol–water partition coefficient (Wildman–Crippen LogP) is 12.0. The molecule has 0 heterocycles. The minimum Gasteiger partial charge on any atom is -0.465 e. The molecule has 6 aliphatic rings. The van der Waals surface area contributed by atoms with Crippen LogP contribution in [0.5, 0.6) is 0 Å². The molecule has 6 rings (SSSR count). The van der Waals surface area contributed by atoms with Crippen molar-refractivity contribution >= 4 is 23.7 Å². The van der Waals surface area contributed by atoms with E-state index in [-0.39, 0.29) is 22.8 Å². The zero-order valence-electron chi connectivity index (χ0n) is 34.0. The Balaban J connectivity index is 0.905. The molecular weight excluding hydrogens is 649 g/mol. The summed E-state index contributed by atoms with van der Waals surface area (Å²) in [6.45, 7) is 20.5. The molecule has 0 aliphatic heterocycles. The van der Waals surface area contributed by atoms with E-state index < -0.39 is 0 Å². The highest BCUT2D eigenvalue weighted by atomic mass is 32.2. The summed E-state index contributed by atoms with van der Waals surface area (Å²) in [6, 6.07) is 0. The topological polar surface area (TPSA) is 52.6 Å². The molecule has 0 aromatic heterocycles. The van der Waals surface area contributed by atoms with Gasteiger partial charge in [-0.2, -0.15) is 11.8 Å². The van der Waals surface area contributed by atoms with Gasteiger partial charge in [-0.1, -0.05) is 91.5 Å². The molecule has 0 saturated heterocycles. The molecular formula is C46H74O4S. The molecule has 0 bridgehead atoms. The van der Waals surface area contributed by atoms with Gasteiger partial charge in [-0.15, -0.1) is 0 Å². The summed E-state index contributed by atoms with van der Waals surface area (Å²) in [6.07, 6.45) is 23.9. The number of carbonyl (C=O) groups excluding carboxylic acids is 2. The van der Waals surface area contributed by atoms with E-state index in [2.05, 4.69) is 67.5 Å². The van der Waals surface area contributed by atoms with Gasteiger partial charge in [0, 0.05) is 22.3 Å². The molecule has 2 unspecified atom stereocenters. The largest absolute Gasteiger partial charge is 0.465 e. The van der Waals surface area contributed by atoms with E-state index in [9.17, 15) is 9.59 Å². The summed E-state index contributed by atoms with van der Waals surface area (Å²) in [4.78, 5) is 25.9. The molecule has 4 nitrogen and oxygen atoms in total. The zero-order chi connectivity index (χ0) is 36.6. The molecule has 10 atom stereocenters. The molecule has 5 heteroatoms. The van der Waals surface area contributed by atoms with Crippen molar-refractivity contribution in [3.05, 3.63) is 23.3 Å². The van der Waals surface area contributed by atoms with Crippen LogP contribution < -0.4 is 0 Å². The lowest BCUT2D eigenvalue weighted by Gasteiger charge is -2.60. The first kappa shape index (κ1) is 39.5. The molecule has 0 amide bonds. The van der Waals surface area contributed by atoms with Crippen molar-refractivity contribution in [1.29, 1.82) is 0 Å². The van der Waals surface area contributed by atoms with Crippen LogP contribution in [0, 0.1) is 69.0 Å². The average Bonchev–Trinajstić information content (AvgIpc) is 3.09. The van der Waals surface area contributed by atoms with Crippen LogP contribution in [0.1, 0.15) is 158 Å². The smallest absolute Gasteiger partial charge is 0.306 e. The Labute approximate surface area is 316 Å². The van der Waals surface area contributed by atoms with Crippen LogP contribution in [-0.2, 0) is 19.1 Å². The number of esters is 2. The van der Waals surface area contributed by atoms with Crippen LogP contribution in [0.4, 0.5) is 0 Å². The van der Waals surface area contributed by atoms with Crippen LogP contribution >= 0.6 is 11.8 Å². The molecule has 0 spiro atoms. The Kier molecular flexibility index (Phi) is 12.3. The molecule has 6 aliphatic carbocycles. The van der Waals surface area contributed by atoms with Gasteiger partial charge in [-0.3, -0.25) is 9.59 Å². The van der Waals surface area contributed by atoms with Crippen LogP contribution in [0.25, 0.3) is 0 Å². The molecule has 0 radical (unpaired) electrons. The fourth-order valence-electron chi connectivity index (χ4n) is 13.6. The summed E-state index contributed by atoms with van der Waals surface area (Å²) in [7, 11) is 0. The number of rotatable bonds is 12. The Morgan fingerprint density at radius 2 is 1.06 bits per heavy atom. The molecule has 0 aromatic rings. The van der Waals surface area contributed by atoms with Gasteiger partial charge in [-0.05, 0) is 135 Å². The standard InChI is InChI=1S/C46H74O4S/c1-31(2)33-11-15-37-35(27-33)13-17-39-43(5,21-9-23-45(37,39)7)29-49-41(47)19-25-51-26-20-42(48)50-30-44(6)22-10-24-46(8)38-16-12-34(32(3)4)28-36(38)14-18-40(44)46/h27-28,31-32,35-40H,9-26,29-30H2,1-8H3/t35?,36?,37-,38-,39-,40-,43-,44-,45+,46+/m0/s1. The third-order valence-corrected chi connectivity index (χ3v) is 17.3. The van der Waals surface area contributed by atoms with E-state index in [0.717, 1.165) is 23.7 Å². The van der Waals surface area contributed by atoms with Gasteiger partial charge in [0.15, 0.2) is 0 Å². The highest BCUT2D eigenvalue weighted by Crippen LogP contribution is 2.65. The minimum atomic E-state index is -0.0775. The zero-order valence-corrected chi connectivity index (χ0v) is 34.8. The maximum atomic E-state index is 12.9. The number of hydrogen-bond donors (Lipinski definition) is 0. The second kappa shape index (κ2) is 15.9. The van der Waals surface area contributed by atoms with Crippen molar-refractivity contribution in [2.24, 2.45) is 69.0 Å². The van der Waals surface area contributed by atoms with Gasteiger partial charge in [0.05, 0.1) is 26.1 Å². The molecule has 288 valence electrons. The first-order chi connectivity index (χ1) is 24.2. The van der Waals surface area contributed by atoms with Gasteiger partial charge < -0.3 is 9.47 Å². The molecule has 0 aromatic carbocycles. The lowest BCUT2D eigenvalue weighted by atomic mass is 9.45. The summed E-state index contributed by atoms with van der Waals surface area (Å²) in [5, 5.41) is 0. The van der Waals surface area contributed by atoms with E-state index in [1.165, 1.54) is 89.9 Å². The molecule has 4 saturated carbocycles. The third-order valence-electron chi connectivity index (χ3n) is 16.4. The summed E-state index contributed by atoms with van der Waals surface area (Å²) < 4.78 is 12.1.